The van der Waals surface area contributed by atoms with Crippen LogP contribution in [0.3, 0.4) is 0 Å². The summed E-state index contributed by atoms with van der Waals surface area (Å²) in [5.74, 6) is -0.151. The monoisotopic (exact) mass is 439 g/mol. The van der Waals surface area contributed by atoms with E-state index in [1.54, 1.807) is 6.07 Å². The first-order valence-electron chi connectivity index (χ1n) is 6.77. The van der Waals surface area contributed by atoms with Crippen molar-refractivity contribution in [3.8, 4) is 11.5 Å². The fourth-order valence-electron chi connectivity index (χ4n) is 1.90. The largest absolute Gasteiger partial charge is 0.495 e. The maximum absolute atomic E-state index is 12.6. The molecule has 25 heavy (non-hydrogen) atoms. The highest BCUT2D eigenvalue weighted by atomic mass is 79.9. The zero-order chi connectivity index (χ0) is 18.7. The Morgan fingerprint density at radius 3 is 2.44 bits per heavy atom. The highest BCUT2D eigenvalue weighted by Crippen LogP contribution is 2.32. The van der Waals surface area contributed by atoms with Crippen molar-refractivity contribution in [1.82, 2.24) is 0 Å². The molecule has 0 aliphatic carbocycles. The molecule has 0 saturated heterocycles. The number of methoxy groups -OCH3 is 1. The van der Waals surface area contributed by atoms with Crippen LogP contribution in [0.1, 0.15) is 0 Å². The van der Waals surface area contributed by atoms with Crippen LogP contribution in [-0.2, 0) is 10.0 Å². The van der Waals surface area contributed by atoms with Gasteiger partial charge in [-0.1, -0.05) is 28.1 Å². The van der Waals surface area contributed by atoms with E-state index in [0.29, 0.717) is 4.47 Å². The summed E-state index contributed by atoms with van der Waals surface area (Å²) in [6.45, 7) is -1.54. The van der Waals surface area contributed by atoms with E-state index in [0.717, 1.165) is 0 Å². The van der Waals surface area contributed by atoms with Crippen LogP contribution >= 0.6 is 15.9 Å². The molecule has 0 atom stereocenters. The van der Waals surface area contributed by atoms with Crippen molar-refractivity contribution in [1.29, 1.82) is 0 Å². The van der Waals surface area contributed by atoms with Gasteiger partial charge in [0, 0.05) is 4.47 Å². The summed E-state index contributed by atoms with van der Waals surface area (Å²) in [5, 5.41) is 0. The minimum absolute atomic E-state index is 0.0874. The third-order valence-electron chi connectivity index (χ3n) is 2.94. The molecule has 0 bridgehead atoms. The minimum atomic E-state index is -4.54. The first-order chi connectivity index (χ1) is 11.6. The lowest BCUT2D eigenvalue weighted by atomic mass is 10.3. The minimum Gasteiger partial charge on any atom is -0.495 e. The summed E-state index contributed by atoms with van der Waals surface area (Å²) in [4.78, 5) is -0.171. The fraction of sp³-hybridized carbons (Fsp3) is 0.200. The Kier molecular flexibility index (Phi) is 5.83. The predicted molar refractivity (Wildman–Crippen MR) is 89.5 cm³/mol. The van der Waals surface area contributed by atoms with Gasteiger partial charge in [-0.2, -0.15) is 13.2 Å². The standard InChI is InChI=1S/C15H13BrF3NO4S/c1-23-13-7-6-10(16)8-14(13)25(21,22)20-11-4-2-3-5-12(11)24-9-15(17,18)19/h2-8,20H,9H2,1H3. The number of hydrogen-bond acceptors (Lipinski definition) is 4. The lowest BCUT2D eigenvalue weighted by Crippen LogP contribution is -2.20. The van der Waals surface area contributed by atoms with Gasteiger partial charge in [0.15, 0.2) is 6.61 Å². The average Bonchev–Trinajstić information content (AvgIpc) is 2.53. The molecule has 0 amide bonds. The van der Waals surface area contributed by atoms with Crippen molar-refractivity contribution in [3.63, 3.8) is 0 Å². The Bertz CT molecular complexity index is 856. The number of para-hydroxylation sites is 2. The molecule has 5 nitrogen and oxygen atoms in total. The van der Waals surface area contributed by atoms with Gasteiger partial charge in [0.2, 0.25) is 0 Å². The Hall–Kier alpha value is -1.94. The molecule has 0 fully saturated rings. The number of benzene rings is 2. The molecule has 0 saturated carbocycles. The van der Waals surface area contributed by atoms with Crippen LogP contribution in [0, 0.1) is 0 Å². The molecule has 0 unspecified atom stereocenters. The van der Waals surface area contributed by atoms with E-state index in [1.165, 1.54) is 43.5 Å². The van der Waals surface area contributed by atoms with Gasteiger partial charge in [-0.3, -0.25) is 4.72 Å². The third kappa shape index (κ3) is 5.27. The van der Waals surface area contributed by atoms with E-state index < -0.39 is 22.8 Å². The fourth-order valence-corrected chi connectivity index (χ4v) is 3.68. The van der Waals surface area contributed by atoms with Crippen LogP contribution in [0.25, 0.3) is 0 Å². The third-order valence-corrected chi connectivity index (χ3v) is 4.82. The van der Waals surface area contributed by atoms with Crippen molar-refractivity contribution in [3.05, 3.63) is 46.9 Å². The molecule has 0 aromatic heterocycles. The van der Waals surface area contributed by atoms with Gasteiger partial charge in [-0.05, 0) is 30.3 Å². The van der Waals surface area contributed by atoms with Gasteiger partial charge in [-0.25, -0.2) is 8.42 Å². The summed E-state index contributed by atoms with van der Waals surface area (Å²) in [5.41, 5.74) is -0.117. The first-order valence-corrected chi connectivity index (χ1v) is 9.05. The zero-order valence-electron chi connectivity index (χ0n) is 12.8. The molecule has 2 aromatic rings. The number of nitrogens with one attached hydrogen (secondary N) is 1. The number of anilines is 1. The Balaban J connectivity index is 2.34. The van der Waals surface area contributed by atoms with E-state index in [9.17, 15) is 21.6 Å². The average molecular weight is 440 g/mol. The van der Waals surface area contributed by atoms with Crippen LogP contribution in [-0.4, -0.2) is 28.3 Å². The quantitative estimate of drug-likeness (QED) is 0.732. The molecule has 0 radical (unpaired) electrons. The number of hydrogen-bond donors (Lipinski definition) is 1. The van der Waals surface area contributed by atoms with Crippen LogP contribution in [0.15, 0.2) is 51.8 Å². The van der Waals surface area contributed by atoms with E-state index in [4.69, 9.17) is 4.74 Å². The molecule has 0 heterocycles. The molecular formula is C15H13BrF3NO4S. The first kappa shape index (κ1) is 19.4. The molecule has 0 aliphatic rings. The molecule has 0 spiro atoms. The normalized spacial score (nSPS) is 11.9. The van der Waals surface area contributed by atoms with Crippen molar-refractivity contribution in [2.24, 2.45) is 0 Å². The van der Waals surface area contributed by atoms with Crippen LogP contribution < -0.4 is 14.2 Å². The molecule has 0 aliphatic heterocycles. The summed E-state index contributed by atoms with van der Waals surface area (Å²) >= 11 is 3.17. The summed E-state index contributed by atoms with van der Waals surface area (Å²) in [6, 6.07) is 9.80. The number of alkyl halides is 3. The molecule has 1 N–H and O–H groups in total. The molecular weight excluding hydrogens is 427 g/mol. The summed E-state index contributed by atoms with van der Waals surface area (Å²) in [6.07, 6.45) is -4.54. The molecule has 2 aromatic carbocycles. The van der Waals surface area contributed by atoms with Gasteiger partial charge in [-0.15, -0.1) is 0 Å². The second kappa shape index (κ2) is 7.52. The topological polar surface area (TPSA) is 64.6 Å². The number of halogens is 4. The Labute approximate surface area is 150 Å². The van der Waals surface area contributed by atoms with Crippen LogP contribution in [0.5, 0.6) is 11.5 Å². The van der Waals surface area contributed by atoms with Crippen molar-refractivity contribution in [2.45, 2.75) is 11.1 Å². The summed E-state index contributed by atoms with van der Waals surface area (Å²) in [7, 11) is -2.81. The van der Waals surface area contributed by atoms with E-state index in [-0.39, 0.29) is 22.1 Å². The van der Waals surface area contributed by atoms with E-state index >= 15 is 0 Å². The predicted octanol–water partition coefficient (Wildman–Crippen LogP) is 4.20. The van der Waals surface area contributed by atoms with Crippen LogP contribution in [0.2, 0.25) is 0 Å². The van der Waals surface area contributed by atoms with Gasteiger partial charge >= 0.3 is 6.18 Å². The maximum atomic E-state index is 12.6. The maximum Gasteiger partial charge on any atom is 0.422 e. The van der Waals surface area contributed by atoms with E-state index in [1.807, 2.05) is 0 Å². The Morgan fingerprint density at radius 2 is 1.80 bits per heavy atom. The second-order valence-corrected chi connectivity index (χ2v) is 7.37. The van der Waals surface area contributed by atoms with Crippen LogP contribution in [0.4, 0.5) is 18.9 Å². The van der Waals surface area contributed by atoms with Crippen molar-refractivity contribution in [2.75, 3.05) is 18.4 Å². The SMILES string of the molecule is COc1ccc(Br)cc1S(=O)(=O)Nc1ccccc1OCC(F)(F)F. The van der Waals surface area contributed by atoms with Gasteiger partial charge in [0.1, 0.15) is 16.4 Å². The highest BCUT2D eigenvalue weighted by Gasteiger charge is 2.29. The number of rotatable bonds is 6. The summed E-state index contributed by atoms with van der Waals surface area (Å²) < 4.78 is 74.6. The molecule has 2 rings (SSSR count). The van der Waals surface area contributed by atoms with Crippen molar-refractivity contribution < 1.29 is 31.1 Å². The van der Waals surface area contributed by atoms with Gasteiger partial charge in [0.25, 0.3) is 10.0 Å². The van der Waals surface area contributed by atoms with Gasteiger partial charge in [0.05, 0.1) is 12.8 Å². The van der Waals surface area contributed by atoms with Gasteiger partial charge < -0.3 is 9.47 Å². The lowest BCUT2D eigenvalue weighted by molar-refractivity contribution is -0.153. The number of ether oxygens (including phenoxy) is 2. The number of sulfonamides is 1. The molecule has 136 valence electrons. The van der Waals surface area contributed by atoms with E-state index in [2.05, 4.69) is 25.4 Å². The molecule has 10 heteroatoms. The Morgan fingerprint density at radius 1 is 1.12 bits per heavy atom. The van der Waals surface area contributed by atoms with Crippen molar-refractivity contribution >= 4 is 31.6 Å². The highest BCUT2D eigenvalue weighted by molar-refractivity contribution is 9.10. The smallest absolute Gasteiger partial charge is 0.422 e. The lowest BCUT2D eigenvalue weighted by Gasteiger charge is -2.16. The second-order valence-electron chi connectivity index (χ2n) is 4.80. The zero-order valence-corrected chi connectivity index (χ0v) is 15.2.